The summed E-state index contributed by atoms with van der Waals surface area (Å²) in [6, 6.07) is 6.07. The van der Waals surface area contributed by atoms with Gasteiger partial charge in [0.1, 0.15) is 0 Å². The van der Waals surface area contributed by atoms with Gasteiger partial charge in [0.2, 0.25) is 0 Å². The Hall–Kier alpha value is -1.35. The van der Waals surface area contributed by atoms with Gasteiger partial charge in [0.25, 0.3) is 0 Å². The molecule has 74 valence electrons. The summed E-state index contributed by atoms with van der Waals surface area (Å²) in [5.41, 5.74) is 7.63. The molecule has 0 fully saturated rings. The molecule has 0 aliphatic heterocycles. The molecule has 0 aliphatic rings. The van der Waals surface area contributed by atoms with E-state index in [0.29, 0.717) is 0 Å². The van der Waals surface area contributed by atoms with Crippen LogP contribution in [0.15, 0.2) is 28.9 Å². The number of aryl methyl sites for hydroxylation is 1. The van der Waals surface area contributed by atoms with E-state index in [4.69, 9.17) is 10.3 Å². The van der Waals surface area contributed by atoms with Crippen LogP contribution in [0.2, 0.25) is 0 Å². The molecule has 0 bridgehead atoms. The molecule has 0 saturated heterocycles. The van der Waals surface area contributed by atoms with Gasteiger partial charge in [-0.05, 0) is 37.4 Å². The molecular formula is C11H14N2O. The highest BCUT2D eigenvalue weighted by Crippen LogP contribution is 2.19. The Balaban J connectivity index is 2.19. The minimum absolute atomic E-state index is 0.764. The molecule has 3 nitrogen and oxygen atoms in total. The van der Waals surface area contributed by atoms with Crippen molar-refractivity contribution in [1.82, 2.24) is 5.16 Å². The van der Waals surface area contributed by atoms with Gasteiger partial charge in [0.15, 0.2) is 5.58 Å². The van der Waals surface area contributed by atoms with Crippen LogP contribution in [-0.4, -0.2) is 11.7 Å². The predicted molar refractivity (Wildman–Crippen MR) is 56.0 cm³/mol. The van der Waals surface area contributed by atoms with Crippen molar-refractivity contribution < 1.29 is 4.52 Å². The van der Waals surface area contributed by atoms with Crippen molar-refractivity contribution in [3.05, 3.63) is 30.0 Å². The molecule has 0 atom stereocenters. The SMILES string of the molecule is NCCCCc1cccc2oncc12. The minimum Gasteiger partial charge on any atom is -0.356 e. The largest absolute Gasteiger partial charge is 0.356 e. The fourth-order valence-electron chi connectivity index (χ4n) is 1.63. The Bertz CT molecular complexity index is 408. The van der Waals surface area contributed by atoms with E-state index < -0.39 is 0 Å². The average molecular weight is 190 g/mol. The number of fused-ring (bicyclic) bond motifs is 1. The Morgan fingerprint density at radius 3 is 3.07 bits per heavy atom. The standard InChI is InChI=1S/C11H14N2O/c12-7-2-1-4-9-5-3-6-11-10(9)8-13-14-11/h3,5-6,8H,1-2,4,7,12H2. The molecule has 0 spiro atoms. The lowest BCUT2D eigenvalue weighted by Gasteiger charge is -2.00. The van der Waals surface area contributed by atoms with Crippen molar-refractivity contribution in [3.63, 3.8) is 0 Å². The highest BCUT2D eigenvalue weighted by Gasteiger charge is 2.03. The first-order valence-electron chi connectivity index (χ1n) is 4.94. The van der Waals surface area contributed by atoms with Crippen molar-refractivity contribution in [2.24, 2.45) is 5.73 Å². The van der Waals surface area contributed by atoms with Crippen LogP contribution in [0, 0.1) is 0 Å². The molecule has 2 rings (SSSR count). The van der Waals surface area contributed by atoms with E-state index in [2.05, 4.69) is 11.2 Å². The number of nitrogens with two attached hydrogens (primary N) is 1. The van der Waals surface area contributed by atoms with Crippen LogP contribution < -0.4 is 5.73 Å². The lowest BCUT2D eigenvalue weighted by atomic mass is 10.0. The van der Waals surface area contributed by atoms with Crippen LogP contribution in [0.25, 0.3) is 11.0 Å². The number of unbranched alkanes of at least 4 members (excludes halogenated alkanes) is 1. The molecule has 1 heterocycles. The van der Waals surface area contributed by atoms with E-state index in [1.807, 2.05) is 12.1 Å². The lowest BCUT2D eigenvalue weighted by molar-refractivity contribution is 0.456. The van der Waals surface area contributed by atoms with Crippen molar-refractivity contribution in [1.29, 1.82) is 0 Å². The Morgan fingerprint density at radius 1 is 1.29 bits per heavy atom. The van der Waals surface area contributed by atoms with E-state index in [0.717, 1.165) is 36.8 Å². The third kappa shape index (κ3) is 1.77. The summed E-state index contributed by atoms with van der Waals surface area (Å²) >= 11 is 0. The molecule has 0 radical (unpaired) electrons. The molecule has 0 aliphatic carbocycles. The second-order valence-corrected chi connectivity index (χ2v) is 3.40. The van der Waals surface area contributed by atoms with Gasteiger partial charge in [0.05, 0.1) is 6.20 Å². The summed E-state index contributed by atoms with van der Waals surface area (Å²) in [6.45, 7) is 0.764. The molecule has 14 heavy (non-hydrogen) atoms. The zero-order valence-corrected chi connectivity index (χ0v) is 8.07. The number of benzene rings is 1. The summed E-state index contributed by atoms with van der Waals surface area (Å²) in [5.74, 6) is 0. The second kappa shape index (κ2) is 4.24. The summed E-state index contributed by atoms with van der Waals surface area (Å²) in [6.07, 6.45) is 5.03. The van der Waals surface area contributed by atoms with Gasteiger partial charge in [-0.15, -0.1) is 0 Å². The normalized spacial score (nSPS) is 10.9. The maximum Gasteiger partial charge on any atom is 0.167 e. The van der Waals surface area contributed by atoms with Crippen LogP contribution >= 0.6 is 0 Å². The third-order valence-electron chi connectivity index (χ3n) is 2.39. The van der Waals surface area contributed by atoms with E-state index in [-0.39, 0.29) is 0 Å². The molecule has 2 aromatic rings. The van der Waals surface area contributed by atoms with E-state index in [1.54, 1.807) is 6.20 Å². The average Bonchev–Trinajstić information content (AvgIpc) is 2.67. The zero-order chi connectivity index (χ0) is 9.80. The first kappa shape index (κ1) is 9.21. The molecule has 0 saturated carbocycles. The van der Waals surface area contributed by atoms with Gasteiger partial charge in [-0.25, -0.2) is 0 Å². The smallest absolute Gasteiger partial charge is 0.167 e. The number of aromatic nitrogens is 1. The van der Waals surface area contributed by atoms with Gasteiger partial charge in [-0.2, -0.15) is 0 Å². The van der Waals surface area contributed by atoms with Gasteiger partial charge in [-0.1, -0.05) is 17.3 Å². The molecule has 1 aromatic heterocycles. The molecule has 1 aromatic carbocycles. The number of rotatable bonds is 4. The minimum atomic E-state index is 0.764. The first-order chi connectivity index (χ1) is 6.92. The zero-order valence-electron chi connectivity index (χ0n) is 8.07. The van der Waals surface area contributed by atoms with Crippen LogP contribution in [-0.2, 0) is 6.42 Å². The highest BCUT2D eigenvalue weighted by molar-refractivity contribution is 5.79. The Kier molecular flexibility index (Phi) is 2.79. The number of hydrogen-bond donors (Lipinski definition) is 1. The molecule has 2 N–H and O–H groups in total. The second-order valence-electron chi connectivity index (χ2n) is 3.40. The summed E-state index contributed by atoms with van der Waals surface area (Å²) in [5, 5.41) is 4.92. The summed E-state index contributed by atoms with van der Waals surface area (Å²) in [4.78, 5) is 0. The number of nitrogens with zero attached hydrogens (tertiary/aromatic N) is 1. The maximum absolute atomic E-state index is 5.45. The van der Waals surface area contributed by atoms with Crippen LogP contribution in [0.1, 0.15) is 18.4 Å². The monoisotopic (exact) mass is 190 g/mol. The quantitative estimate of drug-likeness (QED) is 0.751. The van der Waals surface area contributed by atoms with Crippen LogP contribution in [0.3, 0.4) is 0 Å². The highest BCUT2D eigenvalue weighted by atomic mass is 16.5. The first-order valence-corrected chi connectivity index (χ1v) is 4.94. The van der Waals surface area contributed by atoms with Crippen molar-refractivity contribution >= 4 is 11.0 Å². The van der Waals surface area contributed by atoms with Gasteiger partial charge >= 0.3 is 0 Å². The fraction of sp³-hybridized carbons (Fsp3) is 0.364. The molecule has 0 amide bonds. The van der Waals surface area contributed by atoms with Gasteiger partial charge < -0.3 is 10.3 Å². The van der Waals surface area contributed by atoms with Crippen LogP contribution in [0.5, 0.6) is 0 Å². The summed E-state index contributed by atoms with van der Waals surface area (Å²) in [7, 11) is 0. The summed E-state index contributed by atoms with van der Waals surface area (Å²) < 4.78 is 5.09. The third-order valence-corrected chi connectivity index (χ3v) is 2.39. The Morgan fingerprint density at radius 2 is 2.21 bits per heavy atom. The van der Waals surface area contributed by atoms with Crippen molar-refractivity contribution in [2.75, 3.05) is 6.54 Å². The van der Waals surface area contributed by atoms with Gasteiger partial charge in [0, 0.05) is 5.39 Å². The molecule has 3 heteroatoms. The van der Waals surface area contributed by atoms with Crippen LogP contribution in [0.4, 0.5) is 0 Å². The van der Waals surface area contributed by atoms with Crippen molar-refractivity contribution in [3.8, 4) is 0 Å². The molecular weight excluding hydrogens is 176 g/mol. The topological polar surface area (TPSA) is 52.0 Å². The fourth-order valence-corrected chi connectivity index (χ4v) is 1.63. The van der Waals surface area contributed by atoms with Gasteiger partial charge in [-0.3, -0.25) is 0 Å². The predicted octanol–water partition coefficient (Wildman–Crippen LogP) is 2.11. The number of hydrogen-bond acceptors (Lipinski definition) is 3. The van der Waals surface area contributed by atoms with Crippen molar-refractivity contribution in [2.45, 2.75) is 19.3 Å². The van der Waals surface area contributed by atoms with E-state index in [9.17, 15) is 0 Å². The lowest BCUT2D eigenvalue weighted by Crippen LogP contribution is -1.99. The molecule has 0 unspecified atom stereocenters. The Labute approximate surface area is 82.9 Å². The van der Waals surface area contributed by atoms with E-state index >= 15 is 0 Å². The van der Waals surface area contributed by atoms with E-state index in [1.165, 1.54) is 5.56 Å². The maximum atomic E-state index is 5.45.